The molecule has 0 fully saturated rings. The molecular formula is H3CsO3S. The van der Waals surface area contributed by atoms with Crippen LogP contribution in [0.2, 0.25) is 0 Å². The van der Waals surface area contributed by atoms with Crippen molar-refractivity contribution < 1.29 is 13.3 Å². The molecule has 2 N–H and O–H groups in total. The second-order valence-electron chi connectivity index (χ2n) is 0.231. The molecule has 0 aliphatic carbocycles. The van der Waals surface area contributed by atoms with Crippen LogP contribution in [0.4, 0.5) is 0 Å². The average molecular weight is 216 g/mol. The summed E-state index contributed by atoms with van der Waals surface area (Å²) in [6, 6.07) is 0. The minimum atomic E-state index is -2.61. The van der Waals surface area contributed by atoms with Crippen LogP contribution in [0.1, 0.15) is 0 Å². The number of rotatable bonds is 0. The second kappa shape index (κ2) is 6.12. The van der Waals surface area contributed by atoms with Gasteiger partial charge in [0.1, 0.15) is 0 Å². The van der Waals surface area contributed by atoms with Gasteiger partial charge in [0, 0.05) is 0 Å². The normalized spacial score (nSPS) is 7.00. The van der Waals surface area contributed by atoms with Crippen molar-refractivity contribution in [1.29, 1.82) is 0 Å². The third-order valence-electron chi connectivity index (χ3n) is 0. The van der Waals surface area contributed by atoms with E-state index in [0.717, 1.165) is 0 Å². The molecule has 0 atom stereocenters. The molecule has 5 heavy (non-hydrogen) atoms. The van der Waals surface area contributed by atoms with E-state index in [1.165, 1.54) is 0 Å². The molecule has 0 radical (unpaired) electrons. The summed E-state index contributed by atoms with van der Waals surface area (Å²) in [4.78, 5) is 0. The van der Waals surface area contributed by atoms with Crippen molar-refractivity contribution in [1.82, 2.24) is 0 Å². The summed E-state index contributed by atoms with van der Waals surface area (Å²) in [5.41, 5.74) is 0. The van der Waals surface area contributed by atoms with Crippen LogP contribution in [0, 0.1) is 0 Å². The Balaban J connectivity index is 0. The monoisotopic (exact) mass is 216 g/mol. The van der Waals surface area contributed by atoms with Crippen LogP contribution in [0.15, 0.2) is 0 Å². The van der Waals surface area contributed by atoms with Gasteiger partial charge >= 0.3 is 68.9 Å². The van der Waals surface area contributed by atoms with E-state index < -0.39 is 11.4 Å². The van der Waals surface area contributed by atoms with Gasteiger partial charge in [-0.25, -0.2) is 0 Å². The van der Waals surface area contributed by atoms with Crippen LogP contribution >= 0.6 is 0 Å². The molecular weight excluding hydrogens is 213 g/mol. The van der Waals surface area contributed by atoms with Gasteiger partial charge in [-0.3, -0.25) is 9.11 Å². The Labute approximate surface area is 91.1 Å². The van der Waals surface area contributed by atoms with Crippen LogP contribution in [0.5, 0.6) is 0 Å². The van der Waals surface area contributed by atoms with E-state index in [4.69, 9.17) is 13.3 Å². The van der Waals surface area contributed by atoms with Crippen molar-refractivity contribution in [2.75, 3.05) is 0 Å². The third-order valence-corrected chi connectivity index (χ3v) is 0. The summed E-state index contributed by atoms with van der Waals surface area (Å²) >= 11 is -2.61. The van der Waals surface area contributed by atoms with Crippen LogP contribution < -0.4 is 0 Å². The van der Waals surface area contributed by atoms with E-state index in [1.54, 1.807) is 0 Å². The zero-order valence-electron chi connectivity index (χ0n) is 1.71. The zero-order chi connectivity index (χ0) is 3.58. The summed E-state index contributed by atoms with van der Waals surface area (Å²) in [5.74, 6) is 0. The fourth-order valence-electron chi connectivity index (χ4n) is 0. The standard InChI is InChI=1S/Cs.H2O3S.H/c;1-4(2)3;/h;(H2,1,2,3);. The maximum absolute atomic E-state index is 8.67. The predicted octanol–water partition coefficient (Wildman–Crippen LogP) is -0.967. The molecule has 5 heteroatoms. The van der Waals surface area contributed by atoms with Crippen LogP contribution in [0.25, 0.3) is 0 Å². The van der Waals surface area contributed by atoms with Crippen LogP contribution in [-0.4, -0.2) is 82.2 Å². The quantitative estimate of drug-likeness (QED) is 0.512. The van der Waals surface area contributed by atoms with E-state index in [2.05, 4.69) is 0 Å². The molecule has 0 aromatic rings. The maximum atomic E-state index is 8.67. The molecule has 0 aliphatic heterocycles. The first-order valence-electron chi connectivity index (χ1n) is 0.532. The Morgan fingerprint density at radius 2 is 1.40 bits per heavy atom. The molecule has 0 bridgehead atoms. The Morgan fingerprint density at radius 1 is 1.40 bits per heavy atom. The van der Waals surface area contributed by atoms with Gasteiger partial charge in [-0.15, -0.1) is 0 Å². The van der Waals surface area contributed by atoms with Crippen molar-refractivity contribution in [2.45, 2.75) is 0 Å². The molecule has 0 amide bonds. The molecule has 0 spiro atoms. The molecule has 0 saturated heterocycles. The van der Waals surface area contributed by atoms with Crippen molar-refractivity contribution >= 4 is 80.3 Å². The predicted molar refractivity (Wildman–Crippen MR) is 20.5 cm³/mol. The zero-order valence-corrected chi connectivity index (χ0v) is 2.53. The van der Waals surface area contributed by atoms with E-state index >= 15 is 0 Å². The summed E-state index contributed by atoms with van der Waals surface area (Å²) < 4.78 is 22.8. The molecule has 0 rings (SSSR count). The minimum absolute atomic E-state index is 0. The van der Waals surface area contributed by atoms with Gasteiger partial charge in [0.25, 0.3) is 11.4 Å². The van der Waals surface area contributed by atoms with E-state index in [0.29, 0.717) is 0 Å². The third kappa shape index (κ3) is 23.1. The molecule has 0 saturated carbocycles. The summed E-state index contributed by atoms with van der Waals surface area (Å²) in [6.07, 6.45) is 0. The van der Waals surface area contributed by atoms with E-state index in [9.17, 15) is 0 Å². The Bertz CT molecular complexity index is 29.9. The summed E-state index contributed by atoms with van der Waals surface area (Å²) in [5, 5.41) is 0. The topological polar surface area (TPSA) is 57.5 Å². The van der Waals surface area contributed by atoms with Gasteiger partial charge in [0.15, 0.2) is 0 Å². The Kier molecular flexibility index (Phi) is 12.5. The fourth-order valence-corrected chi connectivity index (χ4v) is 0. The second-order valence-corrected chi connectivity index (χ2v) is 0.692. The van der Waals surface area contributed by atoms with E-state index in [1.807, 2.05) is 0 Å². The van der Waals surface area contributed by atoms with Crippen molar-refractivity contribution in [3.8, 4) is 0 Å². The molecule has 0 aliphatic rings. The van der Waals surface area contributed by atoms with Crippen molar-refractivity contribution in [3.63, 3.8) is 0 Å². The van der Waals surface area contributed by atoms with Gasteiger partial charge in [0.2, 0.25) is 0 Å². The molecule has 28 valence electrons. The first-order valence-corrected chi connectivity index (χ1v) is 1.60. The first kappa shape index (κ1) is 10.2. The Hall–Kier alpha value is 2.12. The number of hydrogen-bond acceptors (Lipinski definition) is 1. The molecule has 0 unspecified atom stereocenters. The fraction of sp³-hybridized carbons (Fsp3) is 0. The molecule has 0 heterocycles. The van der Waals surface area contributed by atoms with Crippen molar-refractivity contribution in [3.05, 3.63) is 0 Å². The molecule has 0 aromatic heterocycles. The SMILES string of the molecule is O=S(O)O.[CsH]. The van der Waals surface area contributed by atoms with E-state index in [-0.39, 0.29) is 68.9 Å². The summed E-state index contributed by atoms with van der Waals surface area (Å²) in [7, 11) is 0. The van der Waals surface area contributed by atoms with Gasteiger partial charge in [-0.2, -0.15) is 4.21 Å². The molecule has 0 aromatic carbocycles. The summed E-state index contributed by atoms with van der Waals surface area (Å²) in [6.45, 7) is 0. The van der Waals surface area contributed by atoms with Crippen LogP contribution in [0.3, 0.4) is 0 Å². The first-order chi connectivity index (χ1) is 1.73. The Morgan fingerprint density at radius 3 is 1.40 bits per heavy atom. The van der Waals surface area contributed by atoms with Gasteiger partial charge in [-0.05, 0) is 0 Å². The van der Waals surface area contributed by atoms with Crippen LogP contribution in [-0.2, 0) is 11.4 Å². The molecule has 3 nitrogen and oxygen atoms in total. The average Bonchev–Trinajstić information content (AvgIpc) is 0.811. The number of hydrogen-bond donors (Lipinski definition) is 2. The van der Waals surface area contributed by atoms with Crippen molar-refractivity contribution in [2.24, 2.45) is 0 Å². The van der Waals surface area contributed by atoms with Gasteiger partial charge in [-0.1, -0.05) is 0 Å². The van der Waals surface area contributed by atoms with Gasteiger partial charge < -0.3 is 0 Å². The van der Waals surface area contributed by atoms with Gasteiger partial charge in [0.05, 0.1) is 0 Å².